The summed E-state index contributed by atoms with van der Waals surface area (Å²) in [6, 6.07) is 0. The highest BCUT2D eigenvalue weighted by molar-refractivity contribution is 5.36. The fourth-order valence-electron chi connectivity index (χ4n) is 1.85. The maximum absolute atomic E-state index is 9.97. The van der Waals surface area contributed by atoms with Gasteiger partial charge in [0.2, 0.25) is 0 Å². The fourth-order valence-corrected chi connectivity index (χ4v) is 1.85. The average molecular weight is 172 g/mol. The second-order valence-electron chi connectivity index (χ2n) is 3.72. The van der Waals surface area contributed by atoms with Gasteiger partial charge in [0.1, 0.15) is 0 Å². The molecule has 0 spiro atoms. The number of carbonyl (C=O) groups excluding carboxylic acids is 1. The molecule has 0 radical (unpaired) electrons. The molecule has 0 aliphatic carbocycles. The first-order chi connectivity index (χ1) is 5.63. The Labute approximate surface area is 75.3 Å². The Kier molecular flexibility index (Phi) is 5.77. The van der Waals surface area contributed by atoms with Gasteiger partial charge in [0.25, 0.3) is 6.47 Å². The molecule has 0 rings (SSSR count). The van der Waals surface area contributed by atoms with Crippen molar-refractivity contribution in [2.75, 3.05) is 6.61 Å². The summed E-state index contributed by atoms with van der Waals surface area (Å²) >= 11 is 0. The zero-order valence-electron chi connectivity index (χ0n) is 8.54. The summed E-state index contributed by atoms with van der Waals surface area (Å²) in [6.07, 6.45) is 1.15. The van der Waals surface area contributed by atoms with Crippen LogP contribution in [0.1, 0.15) is 34.1 Å². The third kappa shape index (κ3) is 3.74. The SMILES string of the molecule is CCC(C(C)C)C(C)COC=O. The predicted molar refractivity (Wildman–Crippen MR) is 49.8 cm³/mol. The molecule has 72 valence electrons. The highest BCUT2D eigenvalue weighted by Crippen LogP contribution is 2.23. The van der Waals surface area contributed by atoms with Crippen molar-refractivity contribution in [3.63, 3.8) is 0 Å². The van der Waals surface area contributed by atoms with E-state index < -0.39 is 0 Å². The molecule has 0 aromatic heterocycles. The molecule has 0 N–H and O–H groups in total. The molecular formula is C10H20O2. The van der Waals surface area contributed by atoms with Crippen molar-refractivity contribution in [3.05, 3.63) is 0 Å². The van der Waals surface area contributed by atoms with Crippen molar-refractivity contribution in [1.82, 2.24) is 0 Å². The Balaban J connectivity index is 3.84. The van der Waals surface area contributed by atoms with Crippen molar-refractivity contribution in [2.24, 2.45) is 17.8 Å². The number of rotatable bonds is 6. The van der Waals surface area contributed by atoms with Crippen LogP contribution < -0.4 is 0 Å². The summed E-state index contributed by atoms with van der Waals surface area (Å²) in [5, 5.41) is 0. The maximum Gasteiger partial charge on any atom is 0.293 e. The Hall–Kier alpha value is -0.530. The molecule has 0 amide bonds. The molecule has 0 heterocycles. The molecule has 2 atom stereocenters. The van der Waals surface area contributed by atoms with Crippen LogP contribution in [0.2, 0.25) is 0 Å². The summed E-state index contributed by atoms with van der Waals surface area (Å²) in [5.74, 6) is 1.80. The summed E-state index contributed by atoms with van der Waals surface area (Å²) in [6.45, 7) is 9.83. The maximum atomic E-state index is 9.97. The molecule has 0 aromatic carbocycles. The quantitative estimate of drug-likeness (QED) is 0.575. The molecule has 0 bridgehead atoms. The fraction of sp³-hybridized carbons (Fsp3) is 0.900. The van der Waals surface area contributed by atoms with Crippen LogP contribution in [0.5, 0.6) is 0 Å². The molecule has 12 heavy (non-hydrogen) atoms. The Morgan fingerprint density at radius 3 is 2.25 bits per heavy atom. The van der Waals surface area contributed by atoms with E-state index in [-0.39, 0.29) is 0 Å². The molecule has 2 heteroatoms. The van der Waals surface area contributed by atoms with Gasteiger partial charge in [0, 0.05) is 0 Å². The van der Waals surface area contributed by atoms with E-state index >= 15 is 0 Å². The Morgan fingerprint density at radius 1 is 1.33 bits per heavy atom. The van der Waals surface area contributed by atoms with Gasteiger partial charge in [-0.1, -0.05) is 34.1 Å². The minimum absolute atomic E-state index is 0.472. The van der Waals surface area contributed by atoms with Gasteiger partial charge in [0.15, 0.2) is 0 Å². The van der Waals surface area contributed by atoms with E-state index in [1.807, 2.05) is 0 Å². The number of hydrogen-bond acceptors (Lipinski definition) is 2. The van der Waals surface area contributed by atoms with Crippen LogP contribution in [0, 0.1) is 17.8 Å². The molecule has 0 aliphatic heterocycles. The highest BCUT2D eigenvalue weighted by Gasteiger charge is 2.18. The lowest BCUT2D eigenvalue weighted by molar-refractivity contribution is -0.130. The van der Waals surface area contributed by atoms with E-state index in [1.54, 1.807) is 0 Å². The standard InChI is InChI=1S/C10H20O2/c1-5-10(8(2)3)9(4)6-12-7-11/h7-10H,5-6H2,1-4H3. The van der Waals surface area contributed by atoms with E-state index in [4.69, 9.17) is 4.74 Å². The van der Waals surface area contributed by atoms with E-state index in [9.17, 15) is 4.79 Å². The molecule has 0 aliphatic rings. The van der Waals surface area contributed by atoms with Crippen LogP contribution in [0.15, 0.2) is 0 Å². The van der Waals surface area contributed by atoms with Crippen LogP contribution in [0.3, 0.4) is 0 Å². The normalized spacial score (nSPS) is 15.8. The topological polar surface area (TPSA) is 26.3 Å². The summed E-state index contributed by atoms with van der Waals surface area (Å²) < 4.78 is 4.75. The minimum atomic E-state index is 0.472. The first-order valence-electron chi connectivity index (χ1n) is 4.68. The second-order valence-corrected chi connectivity index (χ2v) is 3.72. The zero-order chi connectivity index (χ0) is 9.56. The van der Waals surface area contributed by atoms with Gasteiger partial charge in [-0.05, 0) is 17.8 Å². The van der Waals surface area contributed by atoms with Gasteiger partial charge in [-0.15, -0.1) is 0 Å². The van der Waals surface area contributed by atoms with Crippen LogP contribution in [-0.2, 0) is 9.53 Å². The van der Waals surface area contributed by atoms with Gasteiger partial charge < -0.3 is 4.74 Å². The number of carbonyl (C=O) groups is 1. The highest BCUT2D eigenvalue weighted by atomic mass is 16.5. The smallest absolute Gasteiger partial charge is 0.293 e. The first-order valence-corrected chi connectivity index (χ1v) is 4.68. The van der Waals surface area contributed by atoms with Crippen LogP contribution >= 0.6 is 0 Å². The molecular weight excluding hydrogens is 152 g/mol. The van der Waals surface area contributed by atoms with Crippen LogP contribution in [0.4, 0.5) is 0 Å². The van der Waals surface area contributed by atoms with Gasteiger partial charge in [-0.2, -0.15) is 0 Å². The minimum Gasteiger partial charge on any atom is -0.468 e. The molecule has 0 fully saturated rings. The van der Waals surface area contributed by atoms with Gasteiger partial charge in [0.05, 0.1) is 6.61 Å². The van der Waals surface area contributed by atoms with Crippen LogP contribution in [0.25, 0.3) is 0 Å². The van der Waals surface area contributed by atoms with Crippen LogP contribution in [-0.4, -0.2) is 13.1 Å². The zero-order valence-corrected chi connectivity index (χ0v) is 8.54. The lowest BCUT2D eigenvalue weighted by Crippen LogP contribution is -2.21. The van der Waals surface area contributed by atoms with Gasteiger partial charge in [-0.25, -0.2) is 0 Å². The lowest BCUT2D eigenvalue weighted by Gasteiger charge is -2.25. The monoisotopic (exact) mass is 172 g/mol. The van der Waals surface area contributed by atoms with Gasteiger partial charge >= 0.3 is 0 Å². The third-order valence-electron chi connectivity index (χ3n) is 2.49. The molecule has 0 saturated heterocycles. The van der Waals surface area contributed by atoms with E-state index in [0.29, 0.717) is 30.8 Å². The predicted octanol–water partition coefficient (Wildman–Crippen LogP) is 2.48. The molecule has 0 aromatic rings. The Morgan fingerprint density at radius 2 is 1.92 bits per heavy atom. The molecule has 0 saturated carbocycles. The summed E-state index contributed by atoms with van der Waals surface area (Å²) in [4.78, 5) is 9.97. The average Bonchev–Trinajstić information content (AvgIpc) is 2.01. The van der Waals surface area contributed by atoms with Crippen molar-refractivity contribution in [1.29, 1.82) is 0 Å². The Bertz CT molecular complexity index is 121. The number of ether oxygens (including phenoxy) is 1. The van der Waals surface area contributed by atoms with E-state index in [1.165, 1.54) is 0 Å². The van der Waals surface area contributed by atoms with Crippen molar-refractivity contribution >= 4 is 6.47 Å². The molecule has 2 nitrogen and oxygen atoms in total. The molecule has 2 unspecified atom stereocenters. The van der Waals surface area contributed by atoms with Crippen molar-refractivity contribution in [3.8, 4) is 0 Å². The van der Waals surface area contributed by atoms with Crippen molar-refractivity contribution < 1.29 is 9.53 Å². The number of hydrogen-bond donors (Lipinski definition) is 0. The summed E-state index contributed by atoms with van der Waals surface area (Å²) in [7, 11) is 0. The van der Waals surface area contributed by atoms with Crippen molar-refractivity contribution in [2.45, 2.75) is 34.1 Å². The largest absolute Gasteiger partial charge is 0.468 e. The lowest BCUT2D eigenvalue weighted by atomic mass is 9.83. The third-order valence-corrected chi connectivity index (χ3v) is 2.49. The first kappa shape index (κ1) is 11.5. The van der Waals surface area contributed by atoms with E-state index in [0.717, 1.165) is 6.42 Å². The second kappa shape index (κ2) is 6.04. The summed E-state index contributed by atoms with van der Waals surface area (Å²) in [5.41, 5.74) is 0. The van der Waals surface area contributed by atoms with E-state index in [2.05, 4.69) is 27.7 Å². The van der Waals surface area contributed by atoms with Gasteiger partial charge in [-0.3, -0.25) is 4.79 Å².